The molecule has 0 amide bonds. The summed E-state index contributed by atoms with van der Waals surface area (Å²) in [6, 6.07) is 11.5. The molecule has 0 aliphatic rings. The Labute approximate surface area is 151 Å². The number of imidazole rings is 1. The van der Waals surface area contributed by atoms with Crippen LogP contribution in [0.1, 0.15) is 0 Å². The lowest BCUT2D eigenvalue weighted by molar-refractivity contribution is 0.630. The van der Waals surface area contributed by atoms with Crippen LogP contribution in [0, 0.1) is 5.82 Å². The Kier molecular flexibility index (Phi) is 3.78. The second-order valence-corrected chi connectivity index (χ2v) is 6.12. The van der Waals surface area contributed by atoms with Gasteiger partial charge in [0.25, 0.3) is 0 Å². The molecular formula is C17H10Cl2FN5. The van der Waals surface area contributed by atoms with E-state index in [4.69, 9.17) is 28.9 Å². The average molecular weight is 374 g/mol. The van der Waals surface area contributed by atoms with Gasteiger partial charge in [-0.05, 0) is 42.5 Å². The summed E-state index contributed by atoms with van der Waals surface area (Å²) in [7, 11) is 0. The number of hydrogen-bond acceptors (Lipinski definition) is 4. The highest BCUT2D eigenvalue weighted by atomic mass is 35.5. The number of aromatic nitrogens is 4. The number of nitrogen functional groups attached to an aromatic ring is 1. The van der Waals surface area contributed by atoms with E-state index >= 15 is 0 Å². The predicted molar refractivity (Wildman–Crippen MR) is 96.5 cm³/mol. The van der Waals surface area contributed by atoms with Crippen LogP contribution >= 0.6 is 23.2 Å². The number of nitrogens with two attached hydrogens (primary N) is 1. The highest BCUT2D eigenvalue weighted by Gasteiger charge is 2.20. The fourth-order valence-electron chi connectivity index (χ4n) is 2.59. The Morgan fingerprint density at radius 2 is 1.76 bits per heavy atom. The third kappa shape index (κ3) is 2.69. The van der Waals surface area contributed by atoms with Crippen LogP contribution < -0.4 is 5.73 Å². The van der Waals surface area contributed by atoms with Gasteiger partial charge in [0, 0.05) is 16.4 Å². The second-order valence-electron chi connectivity index (χ2n) is 5.32. The first-order chi connectivity index (χ1) is 12.0. The number of halogens is 3. The highest BCUT2D eigenvalue weighted by molar-refractivity contribution is 6.33. The minimum absolute atomic E-state index is 0.190. The maximum Gasteiger partial charge on any atom is 0.169 e. The zero-order chi connectivity index (χ0) is 17.6. The SMILES string of the molecule is Nc1ccc(-c2nc3c(Cl)ncnc3n2-c2ccc(Cl)cc2)c(F)c1. The molecule has 0 spiro atoms. The van der Waals surface area contributed by atoms with Gasteiger partial charge in [-0.1, -0.05) is 23.2 Å². The van der Waals surface area contributed by atoms with E-state index in [0.29, 0.717) is 33.4 Å². The van der Waals surface area contributed by atoms with Gasteiger partial charge in [-0.25, -0.2) is 19.3 Å². The predicted octanol–water partition coefficient (Wildman–Crippen LogP) is 4.51. The van der Waals surface area contributed by atoms with Crippen molar-refractivity contribution >= 4 is 40.1 Å². The molecule has 0 saturated carbocycles. The van der Waals surface area contributed by atoms with Crippen LogP contribution in [-0.4, -0.2) is 19.5 Å². The van der Waals surface area contributed by atoms with Gasteiger partial charge in [-0.3, -0.25) is 4.57 Å². The number of hydrogen-bond donors (Lipinski definition) is 1. The molecule has 0 saturated heterocycles. The van der Waals surface area contributed by atoms with Crippen LogP contribution in [0.4, 0.5) is 10.1 Å². The molecule has 0 aliphatic heterocycles. The summed E-state index contributed by atoms with van der Waals surface area (Å²) < 4.78 is 16.2. The van der Waals surface area contributed by atoms with E-state index in [-0.39, 0.29) is 10.7 Å². The first-order valence-corrected chi connectivity index (χ1v) is 8.00. The van der Waals surface area contributed by atoms with Crippen molar-refractivity contribution in [2.45, 2.75) is 0 Å². The van der Waals surface area contributed by atoms with Crippen molar-refractivity contribution in [1.82, 2.24) is 19.5 Å². The smallest absolute Gasteiger partial charge is 0.169 e. The molecule has 2 heterocycles. The fraction of sp³-hybridized carbons (Fsp3) is 0. The molecule has 0 radical (unpaired) electrons. The minimum atomic E-state index is -0.491. The summed E-state index contributed by atoms with van der Waals surface area (Å²) in [5.41, 5.74) is 7.81. The molecule has 5 nitrogen and oxygen atoms in total. The molecule has 0 bridgehead atoms. The van der Waals surface area contributed by atoms with Crippen LogP contribution in [0.2, 0.25) is 10.2 Å². The van der Waals surface area contributed by atoms with Gasteiger partial charge in [-0.15, -0.1) is 0 Å². The van der Waals surface area contributed by atoms with E-state index in [0.717, 1.165) is 0 Å². The number of benzene rings is 2. The van der Waals surface area contributed by atoms with Crippen molar-refractivity contribution < 1.29 is 4.39 Å². The first kappa shape index (κ1) is 15.8. The quantitative estimate of drug-likeness (QED) is 0.414. The standard InChI is InChI=1S/C17H10Cl2FN5/c18-9-1-4-11(5-2-9)25-16(12-6-3-10(21)7-13(12)20)24-14-15(19)22-8-23-17(14)25/h1-8H,21H2. The molecule has 4 rings (SSSR count). The first-order valence-electron chi connectivity index (χ1n) is 7.25. The van der Waals surface area contributed by atoms with E-state index in [1.54, 1.807) is 41.0 Å². The Hall–Kier alpha value is -2.70. The molecule has 25 heavy (non-hydrogen) atoms. The van der Waals surface area contributed by atoms with Crippen molar-refractivity contribution in [2.24, 2.45) is 0 Å². The number of nitrogens with zero attached hydrogens (tertiary/aromatic N) is 4. The Morgan fingerprint density at radius 3 is 2.48 bits per heavy atom. The van der Waals surface area contributed by atoms with Crippen molar-refractivity contribution in [2.75, 3.05) is 5.73 Å². The van der Waals surface area contributed by atoms with Crippen LogP contribution in [0.15, 0.2) is 48.8 Å². The van der Waals surface area contributed by atoms with E-state index in [1.807, 2.05) is 0 Å². The third-order valence-corrected chi connectivity index (χ3v) is 4.25. The number of rotatable bonds is 2. The normalized spacial score (nSPS) is 11.2. The largest absolute Gasteiger partial charge is 0.399 e. The van der Waals surface area contributed by atoms with Gasteiger partial charge in [0.15, 0.2) is 10.8 Å². The van der Waals surface area contributed by atoms with Gasteiger partial charge in [0.1, 0.15) is 23.5 Å². The fourth-order valence-corrected chi connectivity index (χ4v) is 2.89. The summed E-state index contributed by atoms with van der Waals surface area (Å²) in [5.74, 6) is -0.146. The van der Waals surface area contributed by atoms with Crippen LogP contribution in [0.5, 0.6) is 0 Å². The van der Waals surface area contributed by atoms with Crippen molar-refractivity contribution in [1.29, 1.82) is 0 Å². The molecule has 0 unspecified atom stereocenters. The summed E-state index contributed by atoms with van der Waals surface area (Å²) in [5, 5.41) is 0.774. The summed E-state index contributed by atoms with van der Waals surface area (Å²) >= 11 is 12.1. The lowest BCUT2D eigenvalue weighted by atomic mass is 10.1. The van der Waals surface area contributed by atoms with Gasteiger partial charge in [0.05, 0.1) is 5.56 Å². The second kappa shape index (κ2) is 5.98. The maximum absolute atomic E-state index is 14.5. The number of anilines is 1. The summed E-state index contributed by atoms with van der Waals surface area (Å²) in [6.45, 7) is 0. The minimum Gasteiger partial charge on any atom is -0.399 e. The summed E-state index contributed by atoms with van der Waals surface area (Å²) in [6.07, 6.45) is 1.34. The lowest BCUT2D eigenvalue weighted by Crippen LogP contribution is -2.00. The maximum atomic E-state index is 14.5. The van der Waals surface area contributed by atoms with E-state index in [9.17, 15) is 4.39 Å². The molecular weight excluding hydrogens is 364 g/mol. The molecule has 2 aromatic heterocycles. The van der Waals surface area contributed by atoms with Crippen LogP contribution in [0.3, 0.4) is 0 Å². The van der Waals surface area contributed by atoms with Crippen LogP contribution in [0.25, 0.3) is 28.2 Å². The van der Waals surface area contributed by atoms with Crippen molar-refractivity contribution in [3.63, 3.8) is 0 Å². The van der Waals surface area contributed by atoms with Gasteiger partial charge < -0.3 is 5.73 Å². The van der Waals surface area contributed by atoms with E-state index in [2.05, 4.69) is 15.0 Å². The van der Waals surface area contributed by atoms with Crippen LogP contribution in [-0.2, 0) is 0 Å². The van der Waals surface area contributed by atoms with Gasteiger partial charge in [0.2, 0.25) is 0 Å². The Morgan fingerprint density at radius 1 is 1.00 bits per heavy atom. The average Bonchev–Trinajstić information content (AvgIpc) is 2.96. The number of fused-ring (bicyclic) bond motifs is 1. The van der Waals surface area contributed by atoms with E-state index < -0.39 is 5.82 Å². The molecule has 8 heteroatoms. The Balaban J connectivity index is 2.08. The van der Waals surface area contributed by atoms with Gasteiger partial charge >= 0.3 is 0 Å². The molecule has 124 valence electrons. The molecule has 0 fully saturated rings. The molecule has 4 aromatic rings. The molecule has 2 aromatic carbocycles. The molecule has 0 atom stereocenters. The zero-order valence-corrected chi connectivity index (χ0v) is 14.1. The zero-order valence-electron chi connectivity index (χ0n) is 12.6. The molecule has 2 N–H and O–H groups in total. The Bertz CT molecular complexity index is 1090. The van der Waals surface area contributed by atoms with Gasteiger partial charge in [-0.2, -0.15) is 0 Å². The lowest BCUT2D eigenvalue weighted by Gasteiger charge is -2.10. The highest BCUT2D eigenvalue weighted by Crippen LogP contribution is 2.32. The molecule has 0 aliphatic carbocycles. The topological polar surface area (TPSA) is 69.6 Å². The van der Waals surface area contributed by atoms with E-state index in [1.165, 1.54) is 12.4 Å². The summed E-state index contributed by atoms with van der Waals surface area (Å²) in [4.78, 5) is 12.7. The third-order valence-electron chi connectivity index (χ3n) is 3.72. The van der Waals surface area contributed by atoms with Crippen molar-refractivity contribution in [3.8, 4) is 17.1 Å². The van der Waals surface area contributed by atoms with Crippen molar-refractivity contribution in [3.05, 3.63) is 64.8 Å². The monoisotopic (exact) mass is 373 g/mol.